The number of anilines is 2. The second kappa shape index (κ2) is 10.3. The molecule has 196 valence electrons. The number of imidazole rings is 1. The number of urea groups is 1. The van der Waals surface area contributed by atoms with Crippen molar-refractivity contribution in [2.75, 3.05) is 31.5 Å². The van der Waals surface area contributed by atoms with Gasteiger partial charge in [-0.1, -0.05) is 0 Å². The molecule has 0 atom stereocenters. The van der Waals surface area contributed by atoms with E-state index >= 15 is 0 Å². The van der Waals surface area contributed by atoms with Crippen LogP contribution in [-0.2, 0) is 0 Å². The van der Waals surface area contributed by atoms with E-state index in [2.05, 4.69) is 20.0 Å². The van der Waals surface area contributed by atoms with Crippen LogP contribution in [0.4, 0.5) is 25.1 Å². The fourth-order valence-corrected chi connectivity index (χ4v) is 4.45. The lowest BCUT2D eigenvalue weighted by Gasteiger charge is -2.34. The monoisotopic (exact) mass is 521 g/mol. The summed E-state index contributed by atoms with van der Waals surface area (Å²) in [5.41, 5.74) is 9.52. The lowest BCUT2D eigenvalue weighted by molar-refractivity contribution is -0.0498. The van der Waals surface area contributed by atoms with Gasteiger partial charge >= 0.3 is 12.6 Å². The van der Waals surface area contributed by atoms with Crippen LogP contribution in [0.3, 0.4) is 0 Å². The van der Waals surface area contributed by atoms with Gasteiger partial charge < -0.3 is 25.6 Å². The fraction of sp³-hybridized carbons (Fsp3) is 0.231. The molecule has 0 radical (unpaired) electrons. The van der Waals surface area contributed by atoms with Crippen molar-refractivity contribution in [2.24, 2.45) is 5.73 Å². The van der Waals surface area contributed by atoms with Crippen LogP contribution in [0.1, 0.15) is 15.9 Å². The highest BCUT2D eigenvalue weighted by Gasteiger charge is 2.24. The standard InChI is InChI=1S/C26H25F2N7O3/c1-16-14-18(4-7-20(16)24(36)33-10-12-34(13-11-33)26(29)37)32-22-23-31-15-21(35(23)9-8-30-22)17-2-5-19(6-3-17)38-25(27)28/h2-9,14-15,25H,10-13H2,1H3,(H2,29,37)(H,30,32). The Kier molecular flexibility index (Phi) is 6.77. The number of hydrogen-bond donors (Lipinski definition) is 2. The number of hydrogen-bond acceptors (Lipinski definition) is 6. The maximum Gasteiger partial charge on any atom is 0.387 e. The number of alkyl halides is 2. The molecule has 2 aromatic carbocycles. The van der Waals surface area contributed by atoms with Gasteiger partial charge in [0.15, 0.2) is 11.5 Å². The zero-order valence-electron chi connectivity index (χ0n) is 20.5. The van der Waals surface area contributed by atoms with E-state index in [4.69, 9.17) is 5.73 Å². The number of carbonyl (C=O) groups excluding carboxylic acids is 2. The lowest BCUT2D eigenvalue weighted by atomic mass is 10.1. The molecule has 0 spiro atoms. The number of nitrogens with one attached hydrogen (secondary N) is 1. The number of piperazine rings is 1. The number of fused-ring (bicyclic) bond motifs is 1. The molecule has 0 saturated carbocycles. The Morgan fingerprint density at radius 3 is 2.39 bits per heavy atom. The predicted molar refractivity (Wildman–Crippen MR) is 137 cm³/mol. The van der Waals surface area contributed by atoms with E-state index in [1.54, 1.807) is 47.8 Å². The van der Waals surface area contributed by atoms with Gasteiger partial charge in [-0.3, -0.25) is 9.20 Å². The molecule has 0 unspecified atom stereocenters. The molecule has 0 aliphatic carbocycles. The molecule has 12 heteroatoms. The Bertz CT molecular complexity index is 1480. The quantitative estimate of drug-likeness (QED) is 0.398. The van der Waals surface area contributed by atoms with E-state index in [0.717, 1.165) is 22.5 Å². The summed E-state index contributed by atoms with van der Waals surface area (Å²) in [6.07, 6.45) is 5.07. The van der Waals surface area contributed by atoms with Gasteiger partial charge in [0.2, 0.25) is 0 Å². The van der Waals surface area contributed by atoms with Crippen LogP contribution in [-0.4, -0.2) is 68.9 Å². The molecule has 2 aromatic heterocycles. The second-order valence-corrected chi connectivity index (χ2v) is 8.79. The third kappa shape index (κ3) is 5.05. The Hall–Kier alpha value is -4.74. The van der Waals surface area contributed by atoms with Gasteiger partial charge in [-0.25, -0.2) is 14.8 Å². The topological polar surface area (TPSA) is 118 Å². The first-order valence-electron chi connectivity index (χ1n) is 11.9. The molecule has 1 saturated heterocycles. The number of nitrogens with two attached hydrogens (primary N) is 1. The Labute approximate surface area is 216 Å². The predicted octanol–water partition coefficient (Wildman–Crippen LogP) is 3.89. The van der Waals surface area contributed by atoms with Gasteiger partial charge in [0.25, 0.3) is 5.91 Å². The highest BCUT2D eigenvalue weighted by atomic mass is 19.3. The molecule has 4 aromatic rings. The summed E-state index contributed by atoms with van der Waals surface area (Å²) in [6, 6.07) is 11.3. The Balaban J connectivity index is 1.33. The van der Waals surface area contributed by atoms with Crippen LogP contribution in [0.15, 0.2) is 61.1 Å². The number of benzene rings is 2. The molecular formula is C26H25F2N7O3. The molecular weight excluding hydrogens is 496 g/mol. The van der Waals surface area contributed by atoms with E-state index in [1.165, 1.54) is 17.0 Å². The molecule has 1 aliphatic rings. The minimum atomic E-state index is -2.88. The van der Waals surface area contributed by atoms with E-state index in [9.17, 15) is 18.4 Å². The number of rotatable bonds is 6. The summed E-state index contributed by atoms with van der Waals surface area (Å²) in [5.74, 6) is 0.491. The minimum Gasteiger partial charge on any atom is -0.435 e. The minimum absolute atomic E-state index is 0.0758. The average molecular weight is 522 g/mol. The van der Waals surface area contributed by atoms with E-state index < -0.39 is 12.6 Å². The summed E-state index contributed by atoms with van der Waals surface area (Å²) >= 11 is 0. The molecule has 3 amide bonds. The summed E-state index contributed by atoms with van der Waals surface area (Å²) < 4.78 is 31.2. The molecule has 10 nitrogen and oxygen atoms in total. The first-order valence-corrected chi connectivity index (χ1v) is 11.9. The zero-order valence-corrected chi connectivity index (χ0v) is 20.5. The van der Waals surface area contributed by atoms with Gasteiger partial charge in [-0.05, 0) is 55.0 Å². The van der Waals surface area contributed by atoms with Gasteiger partial charge in [0.05, 0.1) is 11.9 Å². The zero-order chi connectivity index (χ0) is 26.8. The second-order valence-electron chi connectivity index (χ2n) is 8.79. The third-order valence-corrected chi connectivity index (χ3v) is 6.40. The average Bonchev–Trinajstić information content (AvgIpc) is 3.34. The van der Waals surface area contributed by atoms with E-state index in [-0.39, 0.29) is 11.7 Å². The number of halogens is 2. The van der Waals surface area contributed by atoms with Crippen LogP contribution in [0.25, 0.3) is 16.9 Å². The normalized spacial score (nSPS) is 13.7. The fourth-order valence-electron chi connectivity index (χ4n) is 4.45. The van der Waals surface area contributed by atoms with Crippen molar-refractivity contribution in [1.82, 2.24) is 24.2 Å². The summed E-state index contributed by atoms with van der Waals surface area (Å²) in [4.78, 5) is 36.6. The number of aryl methyl sites for hydroxylation is 1. The van der Waals surface area contributed by atoms with Crippen LogP contribution >= 0.6 is 0 Å². The number of carbonyl (C=O) groups is 2. The van der Waals surface area contributed by atoms with Crippen molar-refractivity contribution in [3.8, 4) is 17.0 Å². The summed E-state index contributed by atoms with van der Waals surface area (Å²) in [7, 11) is 0. The van der Waals surface area contributed by atoms with Crippen molar-refractivity contribution in [2.45, 2.75) is 13.5 Å². The summed E-state index contributed by atoms with van der Waals surface area (Å²) in [6.45, 7) is 0.659. The molecule has 3 heterocycles. The smallest absolute Gasteiger partial charge is 0.387 e. The molecule has 3 N–H and O–H groups in total. The first kappa shape index (κ1) is 24.9. The van der Waals surface area contributed by atoms with Crippen molar-refractivity contribution in [1.29, 1.82) is 0 Å². The number of nitrogens with zero attached hydrogens (tertiary/aromatic N) is 5. The van der Waals surface area contributed by atoms with E-state index in [1.807, 2.05) is 17.4 Å². The molecule has 38 heavy (non-hydrogen) atoms. The SMILES string of the molecule is Cc1cc(Nc2nccn3c(-c4ccc(OC(F)F)cc4)cnc23)ccc1C(=O)N1CCN(C(N)=O)CC1. The Morgan fingerprint density at radius 1 is 1.03 bits per heavy atom. The van der Waals surface area contributed by atoms with Crippen LogP contribution in [0, 0.1) is 6.92 Å². The maximum absolute atomic E-state index is 13.1. The van der Waals surface area contributed by atoms with Gasteiger partial charge in [0, 0.05) is 55.4 Å². The van der Waals surface area contributed by atoms with Crippen LogP contribution in [0.2, 0.25) is 0 Å². The molecule has 1 aliphatic heterocycles. The van der Waals surface area contributed by atoms with Gasteiger partial charge in [-0.15, -0.1) is 0 Å². The number of amides is 3. The van der Waals surface area contributed by atoms with Crippen molar-refractivity contribution in [3.05, 3.63) is 72.2 Å². The molecule has 0 bridgehead atoms. The molecule has 1 fully saturated rings. The summed E-state index contributed by atoms with van der Waals surface area (Å²) in [5, 5.41) is 3.27. The van der Waals surface area contributed by atoms with E-state index in [0.29, 0.717) is 43.2 Å². The number of aromatic nitrogens is 3. The van der Waals surface area contributed by atoms with Gasteiger partial charge in [0.1, 0.15) is 5.75 Å². The van der Waals surface area contributed by atoms with Crippen LogP contribution < -0.4 is 15.8 Å². The largest absolute Gasteiger partial charge is 0.435 e. The maximum atomic E-state index is 13.1. The van der Waals surface area contributed by atoms with Crippen molar-refractivity contribution < 1.29 is 23.1 Å². The van der Waals surface area contributed by atoms with Gasteiger partial charge in [-0.2, -0.15) is 8.78 Å². The lowest BCUT2D eigenvalue weighted by Crippen LogP contribution is -2.52. The van der Waals surface area contributed by atoms with Crippen molar-refractivity contribution >= 4 is 29.1 Å². The Morgan fingerprint density at radius 2 is 1.74 bits per heavy atom. The van der Waals surface area contributed by atoms with Crippen LogP contribution in [0.5, 0.6) is 5.75 Å². The first-order chi connectivity index (χ1) is 18.3. The third-order valence-electron chi connectivity index (χ3n) is 6.40. The highest BCUT2D eigenvalue weighted by molar-refractivity contribution is 5.96. The number of primary amides is 1. The number of ether oxygens (including phenoxy) is 1. The highest BCUT2D eigenvalue weighted by Crippen LogP contribution is 2.28. The molecule has 5 rings (SSSR count). The van der Waals surface area contributed by atoms with Crippen molar-refractivity contribution in [3.63, 3.8) is 0 Å².